The van der Waals surface area contributed by atoms with Crippen LogP contribution in [0.1, 0.15) is 64.7 Å². The first-order valence-corrected chi connectivity index (χ1v) is 12.3. The van der Waals surface area contributed by atoms with Gasteiger partial charge in [-0.15, -0.1) is 0 Å². The zero-order valence-electron chi connectivity index (χ0n) is 22.4. The van der Waals surface area contributed by atoms with Crippen LogP contribution in [0.3, 0.4) is 0 Å². The highest BCUT2D eigenvalue weighted by Gasteiger charge is 2.46. The highest BCUT2D eigenvalue weighted by Crippen LogP contribution is 2.30. The molecule has 2 heterocycles. The Labute approximate surface area is 217 Å². The molecular formula is C27H37N3O7. The van der Waals surface area contributed by atoms with Crippen LogP contribution in [0.4, 0.5) is 9.59 Å². The van der Waals surface area contributed by atoms with Crippen molar-refractivity contribution in [2.75, 3.05) is 6.54 Å². The van der Waals surface area contributed by atoms with Crippen LogP contribution in [0.5, 0.6) is 0 Å². The van der Waals surface area contributed by atoms with Crippen LogP contribution in [-0.2, 0) is 32.2 Å². The van der Waals surface area contributed by atoms with Gasteiger partial charge in [0.25, 0.3) is 0 Å². The number of nitrogens with zero attached hydrogens (tertiary/aromatic N) is 2. The Balaban J connectivity index is 1.71. The van der Waals surface area contributed by atoms with Crippen molar-refractivity contribution in [2.24, 2.45) is 5.41 Å². The third-order valence-corrected chi connectivity index (χ3v) is 6.37. The molecule has 1 fully saturated rings. The number of rotatable bonds is 5. The van der Waals surface area contributed by atoms with Gasteiger partial charge in [-0.2, -0.15) is 0 Å². The molecule has 37 heavy (non-hydrogen) atoms. The van der Waals surface area contributed by atoms with E-state index >= 15 is 0 Å². The number of carboxylic acid groups (broad SMARTS) is 1. The average Bonchev–Trinajstić information content (AvgIpc) is 3.39. The van der Waals surface area contributed by atoms with Crippen molar-refractivity contribution in [1.29, 1.82) is 0 Å². The van der Waals surface area contributed by atoms with Gasteiger partial charge in [-0.3, -0.25) is 9.69 Å². The molecule has 3 rings (SSSR count). The summed E-state index contributed by atoms with van der Waals surface area (Å²) in [5, 5.41) is 12.4. The van der Waals surface area contributed by atoms with E-state index in [0.29, 0.717) is 13.1 Å². The summed E-state index contributed by atoms with van der Waals surface area (Å²) >= 11 is 0. The number of hydrogen-bond donors (Lipinski definition) is 2. The molecule has 0 aromatic heterocycles. The first-order chi connectivity index (χ1) is 17.1. The standard InChI is InChI=1S/C27H37N3O7/c1-8-16-10-9-11-17-13-29(15-19(16)17)25(35)36-18-12-20(23(32)33)30(14-18)22(31)21(26(2,3)4)28-24(34)37-27(5,6)7/h8-11,18,20-21H,1,12-15H2,2-7H3,(H,28,34)(H,32,33)/t18-,20+,21-/m1/s1. The number of hydrogen-bond acceptors (Lipinski definition) is 6. The minimum absolute atomic E-state index is 0.0468. The molecule has 2 aliphatic rings. The van der Waals surface area contributed by atoms with Gasteiger partial charge in [0.1, 0.15) is 23.8 Å². The van der Waals surface area contributed by atoms with Crippen LogP contribution in [-0.4, -0.2) is 69.3 Å². The van der Waals surface area contributed by atoms with Crippen LogP contribution in [0.25, 0.3) is 6.08 Å². The van der Waals surface area contributed by atoms with E-state index in [9.17, 15) is 24.3 Å². The zero-order valence-corrected chi connectivity index (χ0v) is 22.4. The lowest BCUT2D eigenvalue weighted by atomic mass is 9.85. The molecule has 2 aliphatic heterocycles. The number of alkyl carbamates (subject to hydrolysis) is 1. The van der Waals surface area contributed by atoms with Crippen LogP contribution in [0.2, 0.25) is 0 Å². The van der Waals surface area contributed by atoms with Gasteiger partial charge in [0.2, 0.25) is 5.91 Å². The fraction of sp³-hybridized carbons (Fsp3) is 0.556. The highest BCUT2D eigenvalue weighted by atomic mass is 16.6. The van der Waals surface area contributed by atoms with E-state index < -0.39 is 53.3 Å². The summed E-state index contributed by atoms with van der Waals surface area (Å²) in [6, 6.07) is 3.52. The van der Waals surface area contributed by atoms with Crippen LogP contribution in [0.15, 0.2) is 24.8 Å². The topological polar surface area (TPSA) is 125 Å². The van der Waals surface area contributed by atoms with Crippen LogP contribution >= 0.6 is 0 Å². The van der Waals surface area contributed by atoms with Crippen molar-refractivity contribution in [3.05, 3.63) is 41.5 Å². The second-order valence-electron chi connectivity index (χ2n) is 11.6. The van der Waals surface area contributed by atoms with E-state index in [1.54, 1.807) is 52.5 Å². The van der Waals surface area contributed by atoms with E-state index in [1.807, 2.05) is 18.2 Å². The molecule has 3 atom stereocenters. The first kappa shape index (κ1) is 28.0. The number of likely N-dealkylation sites (tertiary alicyclic amines) is 1. The van der Waals surface area contributed by atoms with Crippen molar-refractivity contribution >= 4 is 30.1 Å². The van der Waals surface area contributed by atoms with Crippen LogP contribution in [0, 0.1) is 5.41 Å². The van der Waals surface area contributed by atoms with Gasteiger partial charge < -0.3 is 24.8 Å². The number of carbonyl (C=O) groups excluding carboxylic acids is 3. The van der Waals surface area contributed by atoms with Gasteiger partial charge in [0.05, 0.1) is 13.1 Å². The SMILES string of the molecule is C=Cc1cccc2c1CN(C(=O)O[C@@H]1C[C@@H](C(=O)O)N(C(=O)[C@@H](NC(=O)OC(C)(C)C)C(C)(C)C)C1)C2. The predicted molar refractivity (Wildman–Crippen MR) is 136 cm³/mol. The largest absolute Gasteiger partial charge is 0.480 e. The molecule has 2 N–H and O–H groups in total. The molecule has 1 saturated heterocycles. The van der Waals surface area contributed by atoms with Crippen molar-refractivity contribution in [1.82, 2.24) is 15.1 Å². The first-order valence-electron chi connectivity index (χ1n) is 12.3. The summed E-state index contributed by atoms with van der Waals surface area (Å²) in [5.41, 5.74) is 1.44. The van der Waals surface area contributed by atoms with Gasteiger partial charge in [-0.1, -0.05) is 51.6 Å². The Bertz CT molecular complexity index is 1090. The Morgan fingerprint density at radius 1 is 1.14 bits per heavy atom. The molecule has 10 nitrogen and oxygen atoms in total. The number of carbonyl (C=O) groups is 4. The summed E-state index contributed by atoms with van der Waals surface area (Å²) in [5.74, 6) is -1.78. The molecule has 0 radical (unpaired) electrons. The minimum Gasteiger partial charge on any atom is -0.480 e. The summed E-state index contributed by atoms with van der Waals surface area (Å²) in [7, 11) is 0. The summed E-state index contributed by atoms with van der Waals surface area (Å²) in [6.07, 6.45) is -0.462. The molecule has 0 aliphatic carbocycles. The van der Waals surface area contributed by atoms with Crippen molar-refractivity contribution < 1.29 is 33.8 Å². The Hall–Kier alpha value is -3.56. The number of nitrogens with one attached hydrogen (secondary N) is 1. The monoisotopic (exact) mass is 515 g/mol. The molecule has 0 bridgehead atoms. The predicted octanol–water partition coefficient (Wildman–Crippen LogP) is 3.78. The maximum Gasteiger partial charge on any atom is 0.410 e. The zero-order chi connectivity index (χ0) is 27.7. The number of aliphatic carboxylic acids is 1. The Morgan fingerprint density at radius 3 is 2.38 bits per heavy atom. The molecule has 202 valence electrons. The smallest absolute Gasteiger partial charge is 0.410 e. The van der Waals surface area contributed by atoms with Gasteiger partial charge in [-0.25, -0.2) is 14.4 Å². The quantitative estimate of drug-likeness (QED) is 0.611. The second kappa shape index (κ2) is 10.4. The third-order valence-electron chi connectivity index (χ3n) is 6.37. The number of amides is 3. The maximum absolute atomic E-state index is 13.5. The molecule has 3 amide bonds. The van der Waals surface area contributed by atoms with Crippen molar-refractivity contribution in [2.45, 2.75) is 84.8 Å². The lowest BCUT2D eigenvalue weighted by molar-refractivity contribution is -0.150. The van der Waals surface area contributed by atoms with E-state index in [4.69, 9.17) is 9.47 Å². The minimum atomic E-state index is -1.21. The lowest BCUT2D eigenvalue weighted by Crippen LogP contribution is -2.57. The van der Waals surface area contributed by atoms with Gasteiger partial charge in [0.15, 0.2) is 0 Å². The molecule has 1 aromatic rings. The molecule has 0 spiro atoms. The van der Waals surface area contributed by atoms with E-state index in [0.717, 1.165) is 16.7 Å². The Morgan fingerprint density at radius 2 is 1.81 bits per heavy atom. The van der Waals surface area contributed by atoms with E-state index in [2.05, 4.69) is 11.9 Å². The molecular weight excluding hydrogens is 478 g/mol. The Kier molecular flexibility index (Phi) is 7.90. The van der Waals surface area contributed by atoms with Crippen LogP contribution < -0.4 is 5.32 Å². The fourth-order valence-corrected chi connectivity index (χ4v) is 4.59. The van der Waals surface area contributed by atoms with Gasteiger partial charge >= 0.3 is 18.2 Å². The average molecular weight is 516 g/mol. The summed E-state index contributed by atoms with van der Waals surface area (Å²) in [6.45, 7) is 14.9. The normalized spacial score (nSPS) is 20.2. The van der Waals surface area contributed by atoms with Gasteiger partial charge in [-0.05, 0) is 42.9 Å². The summed E-state index contributed by atoms with van der Waals surface area (Å²) < 4.78 is 11.0. The fourth-order valence-electron chi connectivity index (χ4n) is 4.59. The third kappa shape index (κ3) is 6.61. The molecule has 0 saturated carbocycles. The van der Waals surface area contributed by atoms with Gasteiger partial charge in [0, 0.05) is 13.0 Å². The summed E-state index contributed by atoms with van der Waals surface area (Å²) in [4.78, 5) is 53.7. The molecule has 0 unspecified atom stereocenters. The molecule has 10 heteroatoms. The lowest BCUT2D eigenvalue weighted by Gasteiger charge is -2.35. The maximum atomic E-state index is 13.5. The van der Waals surface area contributed by atoms with Crippen molar-refractivity contribution in [3.63, 3.8) is 0 Å². The van der Waals surface area contributed by atoms with E-state index in [-0.39, 0.29) is 13.0 Å². The highest BCUT2D eigenvalue weighted by molar-refractivity contribution is 5.90. The number of carboxylic acids is 1. The van der Waals surface area contributed by atoms with Crippen molar-refractivity contribution in [3.8, 4) is 0 Å². The van der Waals surface area contributed by atoms with E-state index in [1.165, 1.54) is 4.90 Å². The molecule has 1 aromatic carbocycles. The number of fused-ring (bicyclic) bond motifs is 1. The second-order valence-corrected chi connectivity index (χ2v) is 11.6. The number of ether oxygens (including phenoxy) is 2. The number of benzene rings is 1.